The minimum Gasteiger partial charge on any atom is -0.435 e. The Morgan fingerprint density at radius 3 is 2.29 bits per heavy atom. The molecule has 0 aliphatic heterocycles. The van der Waals surface area contributed by atoms with Crippen molar-refractivity contribution in [2.24, 2.45) is 0 Å². The molecule has 146 valence electrons. The molecule has 0 radical (unpaired) electrons. The lowest BCUT2D eigenvalue weighted by atomic mass is 10.0. The fraction of sp³-hybridized carbons (Fsp3) is 0.250. The van der Waals surface area contributed by atoms with Crippen molar-refractivity contribution < 1.29 is 18.3 Å². The number of nitrogens with zero attached hydrogens (tertiary/aromatic N) is 3. The lowest BCUT2D eigenvalue weighted by Crippen LogP contribution is -2.14. The van der Waals surface area contributed by atoms with E-state index < -0.39 is 6.61 Å². The summed E-state index contributed by atoms with van der Waals surface area (Å²) in [5.74, 6) is 0.0717. The van der Waals surface area contributed by atoms with Crippen molar-refractivity contribution in [3.8, 4) is 11.4 Å². The second kappa shape index (κ2) is 8.16. The van der Waals surface area contributed by atoms with E-state index in [1.165, 1.54) is 22.4 Å². The van der Waals surface area contributed by atoms with Gasteiger partial charge in [0.05, 0.1) is 11.4 Å². The second-order valence-electron chi connectivity index (χ2n) is 6.54. The van der Waals surface area contributed by atoms with Crippen molar-refractivity contribution in [2.45, 2.75) is 33.3 Å². The van der Waals surface area contributed by atoms with E-state index in [1.54, 1.807) is 19.1 Å². The Balaban J connectivity index is 1.75. The Kier molecular flexibility index (Phi) is 5.67. The molecule has 1 amide bonds. The summed E-state index contributed by atoms with van der Waals surface area (Å²) in [5, 5.41) is 10.8. The van der Waals surface area contributed by atoms with Crippen LogP contribution in [0.3, 0.4) is 0 Å². The van der Waals surface area contributed by atoms with Gasteiger partial charge < -0.3 is 10.1 Å². The zero-order valence-electron chi connectivity index (χ0n) is 15.7. The van der Waals surface area contributed by atoms with Gasteiger partial charge >= 0.3 is 6.61 Å². The Morgan fingerprint density at radius 1 is 1.07 bits per heavy atom. The molecule has 0 saturated carbocycles. The Bertz CT molecular complexity index is 951. The van der Waals surface area contributed by atoms with Crippen molar-refractivity contribution in [3.05, 3.63) is 65.5 Å². The highest BCUT2D eigenvalue weighted by atomic mass is 19.3. The van der Waals surface area contributed by atoms with E-state index in [0.29, 0.717) is 23.0 Å². The molecule has 0 aliphatic carbocycles. The molecule has 1 aromatic heterocycles. The van der Waals surface area contributed by atoms with Crippen LogP contribution in [-0.4, -0.2) is 27.5 Å². The molecule has 0 bridgehead atoms. The van der Waals surface area contributed by atoms with Crippen LogP contribution in [0.5, 0.6) is 5.75 Å². The number of amides is 1. The van der Waals surface area contributed by atoms with E-state index in [-0.39, 0.29) is 17.4 Å². The highest BCUT2D eigenvalue weighted by Crippen LogP contribution is 2.20. The first-order chi connectivity index (χ1) is 13.3. The number of carbonyl (C=O) groups is 1. The smallest absolute Gasteiger partial charge is 0.387 e. The first-order valence-corrected chi connectivity index (χ1v) is 8.74. The zero-order chi connectivity index (χ0) is 20.3. The number of ether oxygens (including phenoxy) is 1. The molecule has 1 heterocycles. The van der Waals surface area contributed by atoms with E-state index in [0.717, 1.165) is 0 Å². The van der Waals surface area contributed by atoms with Gasteiger partial charge in [-0.15, -0.1) is 5.10 Å². The number of aromatic nitrogens is 3. The molecule has 6 nitrogen and oxygen atoms in total. The number of hydrogen-bond acceptors (Lipinski definition) is 4. The van der Waals surface area contributed by atoms with Crippen LogP contribution in [0.15, 0.2) is 48.5 Å². The second-order valence-corrected chi connectivity index (χ2v) is 6.54. The summed E-state index contributed by atoms with van der Waals surface area (Å²) in [6.07, 6.45) is 0. The molecule has 8 heteroatoms. The monoisotopic (exact) mass is 386 g/mol. The molecular formula is C20H20F2N4O2. The normalized spacial score (nSPS) is 11.1. The van der Waals surface area contributed by atoms with Crippen LogP contribution in [-0.2, 0) is 0 Å². The van der Waals surface area contributed by atoms with Gasteiger partial charge in [0.15, 0.2) is 5.69 Å². The van der Waals surface area contributed by atoms with Gasteiger partial charge in [-0.1, -0.05) is 31.2 Å². The van der Waals surface area contributed by atoms with Gasteiger partial charge in [-0.3, -0.25) is 4.79 Å². The molecule has 1 N–H and O–H groups in total. The lowest BCUT2D eigenvalue weighted by molar-refractivity contribution is -0.0498. The number of nitrogens with one attached hydrogen (secondary N) is 1. The number of rotatable bonds is 6. The molecule has 3 rings (SSSR count). The van der Waals surface area contributed by atoms with Crippen LogP contribution in [0.2, 0.25) is 0 Å². The van der Waals surface area contributed by atoms with Crippen LogP contribution in [0, 0.1) is 6.92 Å². The summed E-state index contributed by atoms with van der Waals surface area (Å²) in [6, 6.07) is 13.5. The van der Waals surface area contributed by atoms with Crippen molar-refractivity contribution in [1.29, 1.82) is 0 Å². The van der Waals surface area contributed by atoms with Gasteiger partial charge in [0.1, 0.15) is 5.75 Å². The maximum atomic E-state index is 12.5. The molecule has 0 fully saturated rings. The van der Waals surface area contributed by atoms with E-state index in [1.807, 2.05) is 24.3 Å². The van der Waals surface area contributed by atoms with Crippen molar-refractivity contribution in [3.63, 3.8) is 0 Å². The Labute approximate surface area is 161 Å². The van der Waals surface area contributed by atoms with E-state index in [2.05, 4.69) is 34.2 Å². The molecule has 28 heavy (non-hydrogen) atoms. The largest absolute Gasteiger partial charge is 0.435 e. The molecule has 0 aliphatic rings. The Morgan fingerprint density at radius 2 is 1.71 bits per heavy atom. The predicted molar refractivity (Wildman–Crippen MR) is 101 cm³/mol. The summed E-state index contributed by atoms with van der Waals surface area (Å²) >= 11 is 0. The first kappa shape index (κ1) is 19.5. The number of halogens is 2. The number of benzene rings is 2. The zero-order valence-corrected chi connectivity index (χ0v) is 15.7. The molecule has 0 saturated heterocycles. The van der Waals surface area contributed by atoms with Gasteiger partial charge in [0, 0.05) is 5.69 Å². The number of carbonyl (C=O) groups excluding carboxylic acids is 1. The van der Waals surface area contributed by atoms with Crippen molar-refractivity contribution in [1.82, 2.24) is 15.0 Å². The summed E-state index contributed by atoms with van der Waals surface area (Å²) in [7, 11) is 0. The van der Waals surface area contributed by atoms with Crippen LogP contribution in [0.25, 0.3) is 5.69 Å². The maximum absolute atomic E-state index is 12.5. The highest BCUT2D eigenvalue weighted by molar-refractivity contribution is 6.03. The lowest BCUT2D eigenvalue weighted by Gasteiger charge is -2.08. The third-order valence-electron chi connectivity index (χ3n) is 4.25. The predicted octanol–water partition coefficient (Wildman–Crippen LogP) is 4.55. The average Bonchev–Trinajstić information content (AvgIpc) is 3.04. The van der Waals surface area contributed by atoms with Crippen LogP contribution >= 0.6 is 0 Å². The Hall–Kier alpha value is -3.29. The van der Waals surface area contributed by atoms with Crippen LogP contribution in [0.1, 0.15) is 41.5 Å². The van der Waals surface area contributed by atoms with Gasteiger partial charge in [-0.2, -0.15) is 8.78 Å². The number of anilines is 1. The molecule has 3 aromatic rings. The van der Waals surface area contributed by atoms with Gasteiger partial charge in [0.25, 0.3) is 5.91 Å². The minimum absolute atomic E-state index is 0.0410. The van der Waals surface area contributed by atoms with Gasteiger partial charge in [0.2, 0.25) is 0 Å². The van der Waals surface area contributed by atoms with Crippen LogP contribution in [0.4, 0.5) is 14.5 Å². The summed E-state index contributed by atoms with van der Waals surface area (Å²) in [4.78, 5) is 12.5. The van der Waals surface area contributed by atoms with E-state index in [4.69, 9.17) is 0 Å². The molecule has 0 unspecified atom stereocenters. The minimum atomic E-state index is -2.89. The van der Waals surface area contributed by atoms with E-state index >= 15 is 0 Å². The SMILES string of the molecule is Cc1c(C(=O)Nc2ccc(C(C)C)cc2)nnn1-c1ccc(OC(F)F)cc1. The molecule has 0 atom stereocenters. The molecule has 0 spiro atoms. The van der Waals surface area contributed by atoms with Crippen molar-refractivity contribution >= 4 is 11.6 Å². The number of alkyl halides is 2. The first-order valence-electron chi connectivity index (χ1n) is 8.74. The van der Waals surface area contributed by atoms with Crippen molar-refractivity contribution in [2.75, 3.05) is 5.32 Å². The summed E-state index contributed by atoms with van der Waals surface area (Å²) in [6.45, 7) is 3.02. The van der Waals surface area contributed by atoms with Gasteiger partial charge in [-0.05, 0) is 54.8 Å². The average molecular weight is 386 g/mol. The quantitative estimate of drug-likeness (QED) is 0.675. The summed E-state index contributed by atoms with van der Waals surface area (Å²) < 4.78 is 30.3. The molecule has 2 aromatic carbocycles. The standard InChI is InChI=1S/C20H20F2N4O2/c1-12(2)14-4-6-15(7-5-14)23-19(27)18-13(3)26(25-24-18)16-8-10-17(11-9-16)28-20(21)22/h4-12,20H,1-3H3,(H,23,27). The molecular weight excluding hydrogens is 366 g/mol. The van der Waals surface area contributed by atoms with Crippen LogP contribution < -0.4 is 10.1 Å². The third-order valence-corrected chi connectivity index (χ3v) is 4.25. The van der Waals surface area contributed by atoms with E-state index in [9.17, 15) is 13.6 Å². The maximum Gasteiger partial charge on any atom is 0.387 e. The topological polar surface area (TPSA) is 69.0 Å². The summed E-state index contributed by atoms with van der Waals surface area (Å²) in [5.41, 5.74) is 3.13. The fourth-order valence-electron chi connectivity index (χ4n) is 2.69. The fourth-order valence-corrected chi connectivity index (χ4v) is 2.69. The van der Waals surface area contributed by atoms with Gasteiger partial charge in [-0.25, -0.2) is 4.68 Å². The highest BCUT2D eigenvalue weighted by Gasteiger charge is 2.18. The number of hydrogen-bond donors (Lipinski definition) is 1. The third kappa shape index (κ3) is 4.33.